The fraction of sp³-hybridized carbons (Fsp3) is 0.533. The predicted molar refractivity (Wildman–Crippen MR) is 74.5 cm³/mol. The maximum absolute atomic E-state index is 8.62. The smallest absolute Gasteiger partial charge is 0.0669 e. The fourth-order valence-electron chi connectivity index (χ4n) is 2.53. The lowest BCUT2D eigenvalue weighted by Gasteiger charge is -2.29. The number of likely N-dealkylation sites (tertiary alicyclic amines) is 1. The van der Waals surface area contributed by atoms with Crippen LogP contribution in [0.4, 0.5) is 5.69 Å². The van der Waals surface area contributed by atoms with Gasteiger partial charge < -0.3 is 10.2 Å². The molecule has 1 heterocycles. The Labute approximate surface area is 109 Å². The van der Waals surface area contributed by atoms with Gasteiger partial charge in [0, 0.05) is 18.8 Å². The minimum Gasteiger partial charge on any atom is -0.385 e. The summed E-state index contributed by atoms with van der Waals surface area (Å²) in [5, 5.41) is 12.1. The van der Waals surface area contributed by atoms with Crippen molar-refractivity contribution in [3.05, 3.63) is 29.8 Å². The normalized spacial score (nSPS) is 20.3. The van der Waals surface area contributed by atoms with E-state index in [9.17, 15) is 0 Å². The summed E-state index contributed by atoms with van der Waals surface area (Å²) in [5.41, 5.74) is 2.24. The number of nitrogens with one attached hydrogen (secondary N) is 1. The molecule has 0 bridgehead atoms. The fourth-order valence-corrected chi connectivity index (χ4v) is 2.53. The lowest BCUT2D eigenvalue weighted by atomic mass is 9.98. The number of piperidine rings is 1. The van der Waals surface area contributed by atoms with Gasteiger partial charge in [-0.15, -0.1) is 0 Å². The molecule has 1 aliphatic heterocycles. The second kappa shape index (κ2) is 6.42. The van der Waals surface area contributed by atoms with Gasteiger partial charge in [0.05, 0.1) is 12.5 Å². The zero-order chi connectivity index (χ0) is 12.8. The molecule has 3 nitrogen and oxygen atoms in total. The molecule has 0 spiro atoms. The molecule has 0 aliphatic carbocycles. The van der Waals surface area contributed by atoms with Gasteiger partial charge in [-0.1, -0.05) is 12.1 Å². The SMILES string of the molecule is CN1CCCC(CNc2ccc(CC#N)cc2)C1. The second-order valence-electron chi connectivity index (χ2n) is 5.18. The maximum atomic E-state index is 8.62. The molecule has 1 unspecified atom stereocenters. The van der Waals surface area contributed by atoms with Crippen LogP contribution in [0.25, 0.3) is 0 Å². The lowest BCUT2D eigenvalue weighted by molar-refractivity contribution is 0.217. The summed E-state index contributed by atoms with van der Waals surface area (Å²) in [6, 6.07) is 10.4. The first-order valence-corrected chi connectivity index (χ1v) is 6.66. The highest BCUT2D eigenvalue weighted by atomic mass is 15.1. The van der Waals surface area contributed by atoms with Crippen molar-refractivity contribution < 1.29 is 0 Å². The first-order chi connectivity index (χ1) is 8.78. The van der Waals surface area contributed by atoms with Crippen LogP contribution in [0.1, 0.15) is 18.4 Å². The molecule has 1 aromatic carbocycles. The zero-order valence-electron chi connectivity index (χ0n) is 11.0. The number of rotatable bonds is 4. The van der Waals surface area contributed by atoms with Crippen molar-refractivity contribution in [3.63, 3.8) is 0 Å². The summed E-state index contributed by atoms with van der Waals surface area (Å²) in [5.74, 6) is 0.752. The van der Waals surface area contributed by atoms with Crippen LogP contribution in [0.2, 0.25) is 0 Å². The summed E-state index contributed by atoms with van der Waals surface area (Å²) in [6.07, 6.45) is 3.13. The van der Waals surface area contributed by atoms with Crippen molar-refractivity contribution in [1.82, 2.24) is 4.90 Å². The predicted octanol–water partition coefficient (Wildman–Crippen LogP) is 2.51. The van der Waals surface area contributed by atoms with E-state index in [1.807, 2.05) is 12.1 Å². The Morgan fingerprint density at radius 2 is 2.17 bits per heavy atom. The van der Waals surface area contributed by atoms with Crippen LogP contribution in [-0.4, -0.2) is 31.6 Å². The highest BCUT2D eigenvalue weighted by Gasteiger charge is 2.16. The Balaban J connectivity index is 1.81. The first kappa shape index (κ1) is 12.9. The molecule has 0 saturated carbocycles. The van der Waals surface area contributed by atoms with Crippen LogP contribution in [0.3, 0.4) is 0 Å². The molecule has 0 aromatic heterocycles. The molecule has 1 aromatic rings. The van der Waals surface area contributed by atoms with Crippen molar-refractivity contribution in [3.8, 4) is 6.07 Å². The zero-order valence-corrected chi connectivity index (χ0v) is 11.0. The molecule has 3 heteroatoms. The Hall–Kier alpha value is -1.53. The topological polar surface area (TPSA) is 39.1 Å². The Bertz CT molecular complexity index is 405. The number of nitriles is 1. The van der Waals surface area contributed by atoms with Crippen molar-refractivity contribution in [2.75, 3.05) is 32.0 Å². The van der Waals surface area contributed by atoms with E-state index in [0.29, 0.717) is 6.42 Å². The number of hydrogen-bond acceptors (Lipinski definition) is 3. The molecule has 2 rings (SSSR count). The van der Waals surface area contributed by atoms with Gasteiger partial charge in [0.2, 0.25) is 0 Å². The largest absolute Gasteiger partial charge is 0.385 e. The summed E-state index contributed by atoms with van der Waals surface area (Å²) in [7, 11) is 2.20. The highest BCUT2D eigenvalue weighted by molar-refractivity contribution is 5.45. The van der Waals surface area contributed by atoms with Crippen LogP contribution in [-0.2, 0) is 6.42 Å². The van der Waals surface area contributed by atoms with E-state index in [4.69, 9.17) is 5.26 Å². The molecule has 1 N–H and O–H groups in total. The first-order valence-electron chi connectivity index (χ1n) is 6.66. The summed E-state index contributed by atoms with van der Waals surface area (Å²) in [4.78, 5) is 2.41. The molecule has 1 saturated heterocycles. The standard InChI is InChI=1S/C15H21N3/c1-18-10-2-3-14(12-18)11-17-15-6-4-13(5-7-15)8-9-16/h4-7,14,17H,2-3,8,10-12H2,1H3. The number of hydrogen-bond donors (Lipinski definition) is 1. The molecule has 96 valence electrons. The molecule has 0 amide bonds. The van der Waals surface area contributed by atoms with Crippen LogP contribution in [0.5, 0.6) is 0 Å². The van der Waals surface area contributed by atoms with E-state index in [-0.39, 0.29) is 0 Å². The average molecular weight is 243 g/mol. The Morgan fingerprint density at radius 3 is 2.83 bits per heavy atom. The van der Waals surface area contributed by atoms with Crippen molar-refractivity contribution in [2.24, 2.45) is 5.92 Å². The van der Waals surface area contributed by atoms with Crippen LogP contribution in [0.15, 0.2) is 24.3 Å². The van der Waals surface area contributed by atoms with Gasteiger partial charge in [-0.2, -0.15) is 5.26 Å². The van der Waals surface area contributed by atoms with E-state index in [0.717, 1.165) is 23.7 Å². The van der Waals surface area contributed by atoms with Gasteiger partial charge in [0.15, 0.2) is 0 Å². The lowest BCUT2D eigenvalue weighted by Crippen LogP contribution is -2.35. The van der Waals surface area contributed by atoms with Crippen LogP contribution >= 0.6 is 0 Å². The third-order valence-corrected chi connectivity index (χ3v) is 3.55. The van der Waals surface area contributed by atoms with Crippen molar-refractivity contribution >= 4 is 5.69 Å². The van der Waals surface area contributed by atoms with E-state index in [1.165, 1.54) is 25.9 Å². The van der Waals surface area contributed by atoms with E-state index in [1.54, 1.807) is 0 Å². The van der Waals surface area contributed by atoms with Crippen LogP contribution in [0, 0.1) is 17.2 Å². The maximum Gasteiger partial charge on any atom is 0.0669 e. The molecule has 1 fully saturated rings. The minimum atomic E-state index is 0.494. The number of nitrogens with zero attached hydrogens (tertiary/aromatic N) is 2. The monoisotopic (exact) mass is 243 g/mol. The van der Waals surface area contributed by atoms with Gasteiger partial charge in [-0.3, -0.25) is 0 Å². The molecule has 0 radical (unpaired) electrons. The Morgan fingerprint density at radius 1 is 1.39 bits per heavy atom. The van der Waals surface area contributed by atoms with Crippen LogP contribution < -0.4 is 5.32 Å². The number of benzene rings is 1. The molecule has 18 heavy (non-hydrogen) atoms. The minimum absolute atomic E-state index is 0.494. The van der Waals surface area contributed by atoms with Gasteiger partial charge in [-0.25, -0.2) is 0 Å². The molecular weight excluding hydrogens is 222 g/mol. The van der Waals surface area contributed by atoms with Gasteiger partial charge in [0.25, 0.3) is 0 Å². The van der Waals surface area contributed by atoms with E-state index >= 15 is 0 Å². The quantitative estimate of drug-likeness (QED) is 0.883. The summed E-state index contributed by atoms with van der Waals surface area (Å²) >= 11 is 0. The molecule has 1 atom stereocenters. The number of anilines is 1. The Kier molecular flexibility index (Phi) is 4.60. The summed E-state index contributed by atoms with van der Waals surface area (Å²) in [6.45, 7) is 3.47. The van der Waals surface area contributed by atoms with Gasteiger partial charge in [0.1, 0.15) is 0 Å². The van der Waals surface area contributed by atoms with Gasteiger partial charge in [-0.05, 0) is 50.0 Å². The van der Waals surface area contributed by atoms with E-state index in [2.05, 4.69) is 35.5 Å². The second-order valence-corrected chi connectivity index (χ2v) is 5.18. The van der Waals surface area contributed by atoms with Crippen molar-refractivity contribution in [2.45, 2.75) is 19.3 Å². The van der Waals surface area contributed by atoms with Crippen molar-refractivity contribution in [1.29, 1.82) is 5.26 Å². The average Bonchev–Trinajstić information content (AvgIpc) is 2.38. The third kappa shape index (κ3) is 3.75. The molecular formula is C15H21N3. The van der Waals surface area contributed by atoms with E-state index < -0.39 is 0 Å². The summed E-state index contributed by atoms with van der Waals surface area (Å²) < 4.78 is 0. The highest BCUT2D eigenvalue weighted by Crippen LogP contribution is 2.16. The van der Waals surface area contributed by atoms with Gasteiger partial charge >= 0.3 is 0 Å². The third-order valence-electron chi connectivity index (χ3n) is 3.55. The molecule has 1 aliphatic rings.